The number of hydrogen-bond acceptors (Lipinski definition) is 4. The number of piperazine rings is 1. The first-order chi connectivity index (χ1) is 9.93. The topological polar surface area (TPSA) is 66.9 Å². The van der Waals surface area contributed by atoms with Gasteiger partial charge in [0.2, 0.25) is 0 Å². The fraction of sp³-hybridized carbons (Fsp3) is 0.400. The molecule has 6 heteroatoms. The second-order valence-corrected chi connectivity index (χ2v) is 5.04. The number of likely N-dealkylation sites (N-methyl/N-ethyl adjacent to an activating group) is 1. The van der Waals surface area contributed by atoms with Gasteiger partial charge in [-0.15, -0.1) is 0 Å². The third kappa shape index (κ3) is 3.04. The van der Waals surface area contributed by atoms with Crippen LogP contribution in [0.5, 0.6) is 5.75 Å². The largest absolute Gasteiger partial charge is 0.496 e. The van der Waals surface area contributed by atoms with Crippen LogP contribution in [0, 0.1) is 0 Å². The first-order valence-electron chi connectivity index (χ1n) is 6.66. The molecule has 1 saturated heterocycles. The Morgan fingerprint density at radius 2 is 1.95 bits per heavy atom. The maximum absolute atomic E-state index is 12.0. The summed E-state index contributed by atoms with van der Waals surface area (Å²) in [7, 11) is 3.14. The summed E-state index contributed by atoms with van der Waals surface area (Å²) in [5.41, 5.74) is 1.27. The van der Waals surface area contributed by atoms with Gasteiger partial charge >= 0.3 is 11.8 Å². The first kappa shape index (κ1) is 15.0. The zero-order valence-electron chi connectivity index (χ0n) is 12.4. The number of carbonyl (C=O) groups excluding carboxylic acids is 3. The van der Waals surface area contributed by atoms with Gasteiger partial charge in [0, 0.05) is 37.8 Å². The molecule has 112 valence electrons. The molecule has 1 aromatic rings. The summed E-state index contributed by atoms with van der Waals surface area (Å²) in [4.78, 5) is 38.0. The van der Waals surface area contributed by atoms with Crippen LogP contribution in [0.1, 0.15) is 22.8 Å². The molecule has 1 aromatic carbocycles. The highest BCUT2D eigenvalue weighted by Crippen LogP contribution is 2.23. The number of nitrogens with zero attached hydrogens (tertiary/aromatic N) is 2. The van der Waals surface area contributed by atoms with E-state index in [1.165, 1.54) is 23.8 Å². The minimum absolute atomic E-state index is 0.0558. The van der Waals surface area contributed by atoms with E-state index in [9.17, 15) is 14.4 Å². The van der Waals surface area contributed by atoms with E-state index in [0.29, 0.717) is 24.4 Å². The fourth-order valence-corrected chi connectivity index (χ4v) is 2.25. The molecule has 6 nitrogen and oxygen atoms in total. The van der Waals surface area contributed by atoms with Crippen LogP contribution in [0.4, 0.5) is 0 Å². The molecular formula is C15H18N2O4. The van der Waals surface area contributed by atoms with Crippen LogP contribution in [0.2, 0.25) is 0 Å². The molecule has 0 aliphatic carbocycles. The molecule has 0 spiro atoms. The van der Waals surface area contributed by atoms with Gasteiger partial charge in [-0.25, -0.2) is 0 Å². The van der Waals surface area contributed by atoms with E-state index in [4.69, 9.17) is 4.74 Å². The molecule has 2 rings (SSSR count). The summed E-state index contributed by atoms with van der Waals surface area (Å²) in [6.45, 7) is 2.70. The number of methoxy groups -OCH3 is 1. The van der Waals surface area contributed by atoms with Crippen molar-refractivity contribution in [1.29, 1.82) is 0 Å². The van der Waals surface area contributed by atoms with Gasteiger partial charge in [0.25, 0.3) is 0 Å². The van der Waals surface area contributed by atoms with Crippen LogP contribution in [0.25, 0.3) is 0 Å². The Kier molecular flexibility index (Phi) is 4.26. The van der Waals surface area contributed by atoms with E-state index in [-0.39, 0.29) is 12.3 Å². The van der Waals surface area contributed by atoms with Gasteiger partial charge in [-0.3, -0.25) is 14.4 Å². The maximum atomic E-state index is 12.0. The van der Waals surface area contributed by atoms with Gasteiger partial charge in [-0.1, -0.05) is 0 Å². The summed E-state index contributed by atoms with van der Waals surface area (Å²) in [6, 6.07) is 5.09. The Labute approximate surface area is 123 Å². The van der Waals surface area contributed by atoms with Crippen LogP contribution in [-0.4, -0.2) is 54.6 Å². The van der Waals surface area contributed by atoms with Crippen molar-refractivity contribution < 1.29 is 19.1 Å². The molecule has 0 radical (unpaired) electrons. The van der Waals surface area contributed by atoms with E-state index >= 15 is 0 Å². The lowest BCUT2D eigenvalue weighted by molar-refractivity contribution is -0.155. The summed E-state index contributed by atoms with van der Waals surface area (Å²) in [6.07, 6.45) is 0. The Morgan fingerprint density at radius 3 is 2.57 bits per heavy atom. The standard InChI is InChI=1S/C15H18N2O4/c1-10(18)11-4-5-13(21-3)12(8-11)9-17-7-6-16(2)14(19)15(17)20/h4-5,8H,6-7,9H2,1-3H3. The molecule has 2 amide bonds. The maximum Gasteiger partial charge on any atom is 0.312 e. The number of benzene rings is 1. The Balaban J connectivity index is 2.26. The van der Waals surface area contributed by atoms with Crippen LogP contribution in [0.15, 0.2) is 18.2 Å². The highest BCUT2D eigenvalue weighted by Gasteiger charge is 2.30. The molecule has 1 aliphatic heterocycles. The number of hydrogen-bond donors (Lipinski definition) is 0. The van der Waals surface area contributed by atoms with Crippen LogP contribution in [0.3, 0.4) is 0 Å². The normalized spacial score (nSPS) is 15.4. The molecule has 21 heavy (non-hydrogen) atoms. The number of carbonyl (C=O) groups is 3. The van der Waals surface area contributed by atoms with Crippen molar-refractivity contribution in [3.8, 4) is 5.75 Å². The van der Waals surface area contributed by atoms with E-state index in [2.05, 4.69) is 0 Å². The number of rotatable bonds is 4. The summed E-state index contributed by atoms with van der Waals surface area (Å²) >= 11 is 0. The van der Waals surface area contributed by atoms with Crippen molar-refractivity contribution in [3.05, 3.63) is 29.3 Å². The average molecular weight is 290 g/mol. The van der Waals surface area contributed by atoms with Crippen LogP contribution >= 0.6 is 0 Å². The van der Waals surface area contributed by atoms with Crippen molar-refractivity contribution in [2.75, 3.05) is 27.2 Å². The monoisotopic (exact) mass is 290 g/mol. The van der Waals surface area contributed by atoms with E-state index in [0.717, 1.165) is 5.56 Å². The smallest absolute Gasteiger partial charge is 0.312 e. The number of ether oxygens (including phenoxy) is 1. The minimum atomic E-state index is -0.529. The van der Waals surface area contributed by atoms with Gasteiger partial charge < -0.3 is 14.5 Å². The van der Waals surface area contributed by atoms with E-state index in [1.54, 1.807) is 25.2 Å². The third-order valence-electron chi connectivity index (χ3n) is 3.57. The van der Waals surface area contributed by atoms with Gasteiger partial charge in [-0.05, 0) is 25.1 Å². The first-order valence-corrected chi connectivity index (χ1v) is 6.66. The van der Waals surface area contributed by atoms with E-state index in [1.807, 2.05) is 0 Å². The Hall–Kier alpha value is -2.37. The highest BCUT2D eigenvalue weighted by molar-refractivity contribution is 6.35. The van der Waals surface area contributed by atoms with Gasteiger partial charge in [0.1, 0.15) is 5.75 Å². The lowest BCUT2D eigenvalue weighted by Gasteiger charge is -2.31. The predicted molar refractivity (Wildman–Crippen MR) is 76.1 cm³/mol. The number of amides is 2. The van der Waals surface area contributed by atoms with Crippen molar-refractivity contribution >= 4 is 17.6 Å². The summed E-state index contributed by atoms with van der Waals surface area (Å²) < 4.78 is 5.26. The highest BCUT2D eigenvalue weighted by atomic mass is 16.5. The molecule has 0 bridgehead atoms. The van der Waals surface area contributed by atoms with Gasteiger partial charge in [0.15, 0.2) is 5.78 Å². The molecule has 0 N–H and O–H groups in total. The Morgan fingerprint density at radius 1 is 1.24 bits per heavy atom. The molecule has 1 heterocycles. The second kappa shape index (κ2) is 5.95. The summed E-state index contributed by atoms with van der Waals surface area (Å²) in [5, 5.41) is 0. The average Bonchev–Trinajstić information content (AvgIpc) is 2.47. The third-order valence-corrected chi connectivity index (χ3v) is 3.57. The SMILES string of the molecule is COc1ccc(C(C)=O)cc1CN1CCN(C)C(=O)C1=O. The molecule has 0 atom stereocenters. The number of Topliss-reactive ketones (excluding diaryl/α,β-unsaturated/α-hetero) is 1. The van der Waals surface area contributed by atoms with E-state index < -0.39 is 11.8 Å². The summed E-state index contributed by atoms with van der Waals surface area (Å²) in [5.74, 6) is -0.499. The molecule has 1 fully saturated rings. The predicted octanol–water partition coefficient (Wildman–Crippen LogP) is 0.698. The lowest BCUT2D eigenvalue weighted by atomic mass is 10.1. The molecule has 0 unspecified atom stereocenters. The van der Waals surface area contributed by atoms with Crippen molar-refractivity contribution in [3.63, 3.8) is 0 Å². The quantitative estimate of drug-likeness (QED) is 0.605. The molecule has 0 aromatic heterocycles. The van der Waals surface area contributed by atoms with Crippen molar-refractivity contribution in [2.24, 2.45) is 0 Å². The lowest BCUT2D eigenvalue weighted by Crippen LogP contribution is -2.52. The second-order valence-electron chi connectivity index (χ2n) is 5.04. The number of ketones is 1. The zero-order valence-corrected chi connectivity index (χ0v) is 12.4. The minimum Gasteiger partial charge on any atom is -0.496 e. The van der Waals surface area contributed by atoms with Crippen molar-refractivity contribution in [1.82, 2.24) is 9.80 Å². The molecule has 1 aliphatic rings. The van der Waals surface area contributed by atoms with Crippen LogP contribution < -0.4 is 4.74 Å². The molecular weight excluding hydrogens is 272 g/mol. The van der Waals surface area contributed by atoms with Gasteiger partial charge in [-0.2, -0.15) is 0 Å². The molecule has 0 saturated carbocycles. The van der Waals surface area contributed by atoms with Gasteiger partial charge in [0.05, 0.1) is 7.11 Å². The van der Waals surface area contributed by atoms with Crippen molar-refractivity contribution in [2.45, 2.75) is 13.5 Å². The fourth-order valence-electron chi connectivity index (χ4n) is 2.25. The zero-order chi connectivity index (χ0) is 15.6. The Bertz CT molecular complexity index is 597. The van der Waals surface area contributed by atoms with Crippen LogP contribution in [-0.2, 0) is 16.1 Å².